The van der Waals surface area contributed by atoms with E-state index in [1.54, 1.807) is 31.5 Å². The van der Waals surface area contributed by atoms with Crippen LogP contribution in [0.3, 0.4) is 0 Å². The van der Waals surface area contributed by atoms with E-state index in [1.807, 2.05) is 31.2 Å². The number of fused-ring (bicyclic) bond motifs is 3. The van der Waals surface area contributed by atoms with E-state index >= 15 is 0 Å². The van der Waals surface area contributed by atoms with Gasteiger partial charge >= 0.3 is 0 Å². The van der Waals surface area contributed by atoms with Crippen LogP contribution in [0.5, 0.6) is 0 Å². The number of thiophene rings is 1. The number of anilines is 1. The van der Waals surface area contributed by atoms with Crippen LogP contribution in [-0.2, 0) is 12.1 Å². The van der Waals surface area contributed by atoms with Crippen LogP contribution in [0.15, 0.2) is 30.6 Å². The topological polar surface area (TPSA) is 83.8 Å². The molecule has 0 amide bonds. The van der Waals surface area contributed by atoms with E-state index in [2.05, 4.69) is 32.4 Å². The normalized spacial score (nSPS) is 12.0. The van der Waals surface area contributed by atoms with Gasteiger partial charge < -0.3 is 10.4 Å². The molecule has 0 bridgehead atoms. The first kappa shape index (κ1) is 17.8. The van der Waals surface area contributed by atoms with Gasteiger partial charge in [-0.1, -0.05) is 24.3 Å². The van der Waals surface area contributed by atoms with Crippen molar-refractivity contribution >= 4 is 37.6 Å². The minimum absolute atomic E-state index is 0.635. The number of rotatable bonds is 4. The number of benzene rings is 1. The van der Waals surface area contributed by atoms with E-state index in [0.717, 1.165) is 48.6 Å². The molecule has 138 valence electrons. The van der Waals surface area contributed by atoms with Gasteiger partial charge in [-0.2, -0.15) is 5.10 Å². The molecule has 6 nitrogen and oxygen atoms in total. The summed E-state index contributed by atoms with van der Waals surface area (Å²) in [5.74, 6) is 0.798. The monoisotopic (exact) mass is 379 g/mol. The number of aromatic nitrogens is 4. The van der Waals surface area contributed by atoms with Gasteiger partial charge in [0.25, 0.3) is 0 Å². The molecular weight excluding hydrogens is 358 g/mol. The van der Waals surface area contributed by atoms with Crippen molar-refractivity contribution in [3.8, 4) is 0 Å². The lowest BCUT2D eigenvalue weighted by Crippen LogP contribution is -2.15. The lowest BCUT2D eigenvalue weighted by atomic mass is 9.97. The van der Waals surface area contributed by atoms with E-state index in [-0.39, 0.29) is 0 Å². The fraction of sp³-hybridized carbons (Fsp3) is 0.300. The fourth-order valence-corrected chi connectivity index (χ4v) is 4.12. The summed E-state index contributed by atoms with van der Waals surface area (Å²) in [6.45, 7) is 8.22. The fourth-order valence-electron chi connectivity index (χ4n) is 3.02. The molecule has 3 heterocycles. The van der Waals surface area contributed by atoms with Crippen LogP contribution in [0.1, 0.15) is 36.2 Å². The molecule has 0 aliphatic carbocycles. The van der Waals surface area contributed by atoms with Crippen molar-refractivity contribution in [3.05, 3.63) is 53.0 Å². The molecule has 4 rings (SSSR count). The summed E-state index contributed by atoms with van der Waals surface area (Å²) in [5, 5.41) is 23.1. The van der Waals surface area contributed by atoms with Gasteiger partial charge in [0.15, 0.2) is 0 Å². The molecule has 0 fully saturated rings. The molecule has 7 heteroatoms. The van der Waals surface area contributed by atoms with Crippen molar-refractivity contribution in [1.82, 2.24) is 20.2 Å². The maximum atomic E-state index is 10.1. The van der Waals surface area contributed by atoms with Gasteiger partial charge in [-0.15, -0.1) is 16.4 Å². The number of aliphatic hydroxyl groups is 1. The molecule has 0 atom stereocenters. The second-order valence-electron chi connectivity index (χ2n) is 7.20. The van der Waals surface area contributed by atoms with Crippen LogP contribution in [0.2, 0.25) is 0 Å². The molecule has 4 aromatic rings. The summed E-state index contributed by atoms with van der Waals surface area (Å²) in [6, 6.07) is 7.94. The van der Waals surface area contributed by atoms with Gasteiger partial charge in [0.1, 0.15) is 17.0 Å². The number of hydrogen-bond acceptors (Lipinski definition) is 7. The Labute approximate surface area is 161 Å². The Morgan fingerprint density at radius 1 is 1.07 bits per heavy atom. The average Bonchev–Trinajstić information content (AvgIpc) is 3.02. The zero-order chi connectivity index (χ0) is 19.2. The Morgan fingerprint density at radius 3 is 2.52 bits per heavy atom. The second kappa shape index (κ2) is 6.51. The van der Waals surface area contributed by atoms with Crippen LogP contribution in [0, 0.1) is 13.8 Å². The number of nitrogens with zero attached hydrogens (tertiary/aromatic N) is 4. The summed E-state index contributed by atoms with van der Waals surface area (Å²) < 4.78 is 0.989. The Hall–Kier alpha value is -2.64. The van der Waals surface area contributed by atoms with Crippen LogP contribution in [0.4, 0.5) is 5.82 Å². The van der Waals surface area contributed by atoms with Crippen LogP contribution in [-0.4, -0.2) is 25.3 Å². The molecule has 3 aromatic heterocycles. The summed E-state index contributed by atoms with van der Waals surface area (Å²) in [7, 11) is 0. The SMILES string of the molecule is Cc1nnc2sc3c(NCc4ccc(C(C)(C)O)cc4)ncnc3c2c1C. The van der Waals surface area contributed by atoms with Crippen LogP contribution in [0.25, 0.3) is 20.4 Å². The zero-order valence-corrected chi connectivity index (χ0v) is 16.6. The van der Waals surface area contributed by atoms with Gasteiger partial charge in [0, 0.05) is 11.9 Å². The molecule has 27 heavy (non-hydrogen) atoms. The molecule has 0 saturated heterocycles. The highest BCUT2D eigenvalue weighted by atomic mass is 32.1. The average molecular weight is 379 g/mol. The third kappa shape index (κ3) is 3.24. The molecule has 1 aromatic carbocycles. The van der Waals surface area contributed by atoms with Crippen molar-refractivity contribution < 1.29 is 5.11 Å². The minimum atomic E-state index is -0.834. The van der Waals surface area contributed by atoms with Crippen LogP contribution < -0.4 is 5.32 Å². The highest BCUT2D eigenvalue weighted by molar-refractivity contribution is 7.25. The third-order valence-electron chi connectivity index (χ3n) is 4.78. The number of nitrogens with one attached hydrogen (secondary N) is 1. The first-order valence-electron chi connectivity index (χ1n) is 8.77. The molecule has 0 spiro atoms. The number of hydrogen-bond donors (Lipinski definition) is 2. The molecule has 0 aliphatic rings. The van der Waals surface area contributed by atoms with E-state index < -0.39 is 5.60 Å². The van der Waals surface area contributed by atoms with E-state index in [4.69, 9.17) is 0 Å². The summed E-state index contributed by atoms with van der Waals surface area (Å²) in [6.07, 6.45) is 1.59. The zero-order valence-electron chi connectivity index (χ0n) is 15.7. The Balaban J connectivity index is 1.66. The summed E-state index contributed by atoms with van der Waals surface area (Å²) >= 11 is 1.56. The van der Waals surface area contributed by atoms with Crippen molar-refractivity contribution in [2.24, 2.45) is 0 Å². The standard InChI is InChI=1S/C20H21N5OS/c1-11-12(2)24-25-19-15(11)16-17(27-19)18(23-10-22-16)21-9-13-5-7-14(8-6-13)20(3,4)26/h5-8,10,26H,9H2,1-4H3,(H,21,22,23). The number of aryl methyl sites for hydroxylation is 2. The predicted octanol–water partition coefficient (Wildman–Crippen LogP) is 4.09. The van der Waals surface area contributed by atoms with Gasteiger partial charge in [-0.05, 0) is 44.4 Å². The Kier molecular flexibility index (Phi) is 4.28. The van der Waals surface area contributed by atoms with Crippen molar-refractivity contribution in [2.45, 2.75) is 39.8 Å². The maximum Gasteiger partial charge on any atom is 0.149 e. The lowest BCUT2D eigenvalue weighted by Gasteiger charge is -2.18. The van der Waals surface area contributed by atoms with Crippen molar-refractivity contribution in [1.29, 1.82) is 0 Å². The smallest absolute Gasteiger partial charge is 0.149 e. The molecule has 0 aliphatic heterocycles. The van der Waals surface area contributed by atoms with Gasteiger partial charge in [-0.25, -0.2) is 9.97 Å². The molecule has 2 N–H and O–H groups in total. The van der Waals surface area contributed by atoms with Crippen molar-refractivity contribution in [3.63, 3.8) is 0 Å². The molecule has 0 unspecified atom stereocenters. The molecular formula is C20H21N5OS. The maximum absolute atomic E-state index is 10.1. The van der Waals surface area contributed by atoms with Gasteiger partial charge in [0.05, 0.1) is 21.5 Å². The Morgan fingerprint density at radius 2 is 1.81 bits per heavy atom. The highest BCUT2D eigenvalue weighted by Gasteiger charge is 2.17. The summed E-state index contributed by atoms with van der Waals surface area (Å²) in [5.41, 5.74) is 4.12. The van der Waals surface area contributed by atoms with Gasteiger partial charge in [0.2, 0.25) is 0 Å². The molecule has 0 radical (unpaired) electrons. The predicted molar refractivity (Wildman–Crippen MR) is 109 cm³/mol. The van der Waals surface area contributed by atoms with Gasteiger partial charge in [-0.3, -0.25) is 0 Å². The summed E-state index contributed by atoms with van der Waals surface area (Å²) in [4.78, 5) is 9.80. The van der Waals surface area contributed by atoms with Crippen LogP contribution >= 0.6 is 11.3 Å². The Bertz CT molecular complexity index is 1130. The minimum Gasteiger partial charge on any atom is -0.386 e. The first-order chi connectivity index (χ1) is 12.8. The quantitative estimate of drug-likeness (QED) is 0.556. The second-order valence-corrected chi connectivity index (χ2v) is 8.20. The van der Waals surface area contributed by atoms with E-state index in [1.165, 1.54) is 0 Å². The third-order valence-corrected chi connectivity index (χ3v) is 5.85. The molecule has 0 saturated carbocycles. The first-order valence-corrected chi connectivity index (χ1v) is 9.59. The highest BCUT2D eigenvalue weighted by Crippen LogP contribution is 2.36. The van der Waals surface area contributed by atoms with E-state index in [0.29, 0.717) is 6.54 Å². The van der Waals surface area contributed by atoms with Crippen molar-refractivity contribution in [2.75, 3.05) is 5.32 Å². The lowest BCUT2D eigenvalue weighted by molar-refractivity contribution is 0.0786. The van der Waals surface area contributed by atoms with E-state index in [9.17, 15) is 5.11 Å². The largest absolute Gasteiger partial charge is 0.386 e.